The number of hydrogen-bond donors (Lipinski definition) is 1. The molecule has 0 unspecified atom stereocenters. The molecule has 0 heterocycles. The lowest BCUT2D eigenvalue weighted by molar-refractivity contribution is -0.386. The Kier molecular flexibility index (Phi) is 4.98. The van der Waals surface area contributed by atoms with Crippen LogP contribution in [0.3, 0.4) is 0 Å². The fourth-order valence-electron chi connectivity index (χ4n) is 2.41. The lowest BCUT2D eigenvalue weighted by Crippen LogP contribution is -2.40. The highest BCUT2D eigenvalue weighted by atomic mass is 32.2. The molecule has 0 saturated heterocycles. The number of nitro benzene ring substituents is 1. The predicted octanol–water partition coefficient (Wildman–Crippen LogP) is 4.08. The molecule has 1 saturated carbocycles. The zero-order valence-electron chi connectivity index (χ0n) is 12.7. The number of rotatable bonds is 7. The van der Waals surface area contributed by atoms with Crippen LogP contribution in [0.5, 0.6) is 5.75 Å². The molecule has 1 aliphatic rings. The van der Waals surface area contributed by atoms with Gasteiger partial charge < -0.3 is 10.1 Å². The van der Waals surface area contributed by atoms with Gasteiger partial charge in [-0.2, -0.15) is 11.8 Å². The maximum Gasteiger partial charge on any atom is 0.311 e. The van der Waals surface area contributed by atoms with Crippen molar-refractivity contribution >= 4 is 23.1 Å². The van der Waals surface area contributed by atoms with Gasteiger partial charge in [0.25, 0.3) is 0 Å². The lowest BCUT2D eigenvalue weighted by atomic mass is 9.84. The second-order valence-electron chi connectivity index (χ2n) is 5.70. The molecule has 116 valence electrons. The van der Waals surface area contributed by atoms with Crippen molar-refractivity contribution in [3.8, 4) is 5.75 Å². The fourth-order valence-corrected chi connectivity index (χ4v) is 3.32. The SMILES string of the molecule is CSC1(CNc2ccc([N+](=O)[O-])c(OC(C)C)c2)CCC1. The van der Waals surface area contributed by atoms with E-state index in [0.717, 1.165) is 12.2 Å². The van der Waals surface area contributed by atoms with Crippen LogP contribution < -0.4 is 10.1 Å². The van der Waals surface area contributed by atoms with Crippen molar-refractivity contribution in [1.82, 2.24) is 0 Å². The molecule has 0 atom stereocenters. The van der Waals surface area contributed by atoms with Crippen molar-refractivity contribution in [2.24, 2.45) is 0 Å². The first-order valence-electron chi connectivity index (χ1n) is 7.20. The van der Waals surface area contributed by atoms with E-state index in [1.807, 2.05) is 25.6 Å². The van der Waals surface area contributed by atoms with Crippen molar-refractivity contribution in [1.29, 1.82) is 0 Å². The smallest absolute Gasteiger partial charge is 0.311 e. The Morgan fingerprint density at radius 2 is 2.19 bits per heavy atom. The molecule has 0 aromatic heterocycles. The van der Waals surface area contributed by atoms with Crippen molar-refractivity contribution in [3.05, 3.63) is 28.3 Å². The summed E-state index contributed by atoms with van der Waals surface area (Å²) in [5.74, 6) is 0.326. The highest BCUT2D eigenvalue weighted by Crippen LogP contribution is 2.43. The minimum Gasteiger partial charge on any atom is -0.484 e. The van der Waals surface area contributed by atoms with Crippen LogP contribution in [0.15, 0.2) is 18.2 Å². The van der Waals surface area contributed by atoms with E-state index in [-0.39, 0.29) is 11.8 Å². The molecule has 0 radical (unpaired) electrons. The number of nitrogens with zero attached hydrogens (tertiary/aromatic N) is 1. The quantitative estimate of drug-likeness (QED) is 0.607. The zero-order valence-corrected chi connectivity index (χ0v) is 13.5. The average molecular weight is 310 g/mol. The highest BCUT2D eigenvalue weighted by molar-refractivity contribution is 8.00. The van der Waals surface area contributed by atoms with Gasteiger partial charge in [0.2, 0.25) is 0 Å². The Bertz CT molecular complexity index is 510. The molecule has 21 heavy (non-hydrogen) atoms. The first kappa shape index (κ1) is 15.9. The molecule has 6 heteroatoms. The number of hydrogen-bond acceptors (Lipinski definition) is 5. The third kappa shape index (κ3) is 3.81. The van der Waals surface area contributed by atoms with E-state index >= 15 is 0 Å². The Hall–Kier alpha value is -1.43. The van der Waals surface area contributed by atoms with Crippen LogP contribution in [0.2, 0.25) is 0 Å². The van der Waals surface area contributed by atoms with Gasteiger partial charge in [0.05, 0.1) is 11.0 Å². The molecular formula is C15H22N2O3S. The zero-order chi connectivity index (χ0) is 15.5. The van der Waals surface area contributed by atoms with Crippen LogP contribution in [0.25, 0.3) is 0 Å². The minimum atomic E-state index is -0.406. The van der Waals surface area contributed by atoms with Gasteiger partial charge in [-0.15, -0.1) is 0 Å². The van der Waals surface area contributed by atoms with E-state index in [4.69, 9.17) is 4.74 Å². The Labute approximate surface area is 129 Å². The van der Waals surface area contributed by atoms with E-state index in [1.54, 1.807) is 12.1 Å². The van der Waals surface area contributed by atoms with E-state index in [2.05, 4.69) is 11.6 Å². The van der Waals surface area contributed by atoms with Crippen molar-refractivity contribution in [3.63, 3.8) is 0 Å². The van der Waals surface area contributed by atoms with Crippen molar-refractivity contribution in [2.45, 2.75) is 44.0 Å². The third-order valence-electron chi connectivity index (χ3n) is 3.83. The van der Waals surface area contributed by atoms with Crippen molar-refractivity contribution < 1.29 is 9.66 Å². The number of benzene rings is 1. The molecule has 1 aromatic rings. The van der Waals surface area contributed by atoms with Gasteiger partial charge in [0, 0.05) is 29.1 Å². The van der Waals surface area contributed by atoms with Crippen LogP contribution in [0.4, 0.5) is 11.4 Å². The first-order valence-corrected chi connectivity index (χ1v) is 8.42. The molecule has 5 nitrogen and oxygen atoms in total. The topological polar surface area (TPSA) is 64.4 Å². The second kappa shape index (κ2) is 6.56. The maximum atomic E-state index is 11.0. The fraction of sp³-hybridized carbons (Fsp3) is 0.600. The van der Waals surface area contributed by atoms with Gasteiger partial charge in [0.1, 0.15) is 0 Å². The summed E-state index contributed by atoms with van der Waals surface area (Å²) in [5.41, 5.74) is 0.883. The van der Waals surface area contributed by atoms with E-state index in [1.165, 1.54) is 25.3 Å². The summed E-state index contributed by atoms with van der Waals surface area (Å²) < 4.78 is 5.88. The summed E-state index contributed by atoms with van der Waals surface area (Å²) in [6.07, 6.45) is 5.78. The standard InChI is InChI=1S/C15H22N2O3S/c1-11(2)20-14-9-12(5-6-13(14)17(18)19)16-10-15(21-3)7-4-8-15/h5-6,9,11,16H,4,7-8,10H2,1-3H3. The molecule has 1 fully saturated rings. The number of anilines is 1. The number of ether oxygens (including phenoxy) is 1. The predicted molar refractivity (Wildman–Crippen MR) is 87.4 cm³/mol. The van der Waals surface area contributed by atoms with Gasteiger partial charge in [-0.25, -0.2) is 0 Å². The summed E-state index contributed by atoms with van der Waals surface area (Å²) in [4.78, 5) is 10.6. The first-order chi connectivity index (χ1) is 9.96. The molecule has 0 bridgehead atoms. The van der Waals surface area contributed by atoms with Crippen LogP contribution in [0.1, 0.15) is 33.1 Å². The summed E-state index contributed by atoms with van der Waals surface area (Å²) in [6.45, 7) is 4.61. The molecule has 0 spiro atoms. The summed E-state index contributed by atoms with van der Waals surface area (Å²) in [5, 5.41) is 14.4. The Balaban J connectivity index is 2.11. The lowest BCUT2D eigenvalue weighted by Gasteiger charge is -2.40. The molecular weight excluding hydrogens is 288 g/mol. The second-order valence-corrected chi connectivity index (χ2v) is 6.97. The normalized spacial score (nSPS) is 16.4. The van der Waals surface area contributed by atoms with Gasteiger partial charge in [-0.05, 0) is 39.0 Å². The van der Waals surface area contributed by atoms with Gasteiger partial charge >= 0.3 is 5.69 Å². The number of nitro groups is 1. The maximum absolute atomic E-state index is 11.0. The monoisotopic (exact) mass is 310 g/mol. The Morgan fingerprint density at radius 1 is 1.48 bits per heavy atom. The van der Waals surface area contributed by atoms with E-state index in [9.17, 15) is 10.1 Å². The van der Waals surface area contributed by atoms with Gasteiger partial charge in [-0.1, -0.05) is 6.42 Å². The Morgan fingerprint density at radius 3 is 2.67 bits per heavy atom. The van der Waals surface area contributed by atoms with Gasteiger partial charge in [-0.3, -0.25) is 10.1 Å². The highest BCUT2D eigenvalue weighted by Gasteiger charge is 2.35. The molecule has 1 aromatic carbocycles. The number of nitrogens with one attached hydrogen (secondary N) is 1. The van der Waals surface area contributed by atoms with Crippen LogP contribution >= 0.6 is 11.8 Å². The average Bonchev–Trinajstić information content (AvgIpc) is 2.37. The van der Waals surface area contributed by atoms with Crippen LogP contribution in [0, 0.1) is 10.1 Å². The van der Waals surface area contributed by atoms with E-state index in [0.29, 0.717) is 10.5 Å². The largest absolute Gasteiger partial charge is 0.484 e. The summed E-state index contributed by atoms with van der Waals surface area (Å²) in [7, 11) is 0. The van der Waals surface area contributed by atoms with Gasteiger partial charge in [0.15, 0.2) is 5.75 Å². The molecule has 0 amide bonds. The summed E-state index contributed by atoms with van der Waals surface area (Å²) >= 11 is 1.90. The summed E-state index contributed by atoms with van der Waals surface area (Å²) in [6, 6.07) is 4.98. The number of thioether (sulfide) groups is 1. The third-order valence-corrected chi connectivity index (χ3v) is 5.25. The molecule has 1 N–H and O–H groups in total. The minimum absolute atomic E-state index is 0.0115. The van der Waals surface area contributed by atoms with Crippen molar-refractivity contribution in [2.75, 3.05) is 18.1 Å². The van der Waals surface area contributed by atoms with E-state index < -0.39 is 4.92 Å². The molecule has 0 aliphatic heterocycles. The van der Waals surface area contributed by atoms with Crippen LogP contribution in [-0.2, 0) is 0 Å². The molecule has 2 rings (SSSR count). The molecule has 1 aliphatic carbocycles. The van der Waals surface area contributed by atoms with Crippen LogP contribution in [-0.4, -0.2) is 28.6 Å².